The number of anilines is 2. The van der Waals surface area contributed by atoms with Gasteiger partial charge in [-0.1, -0.05) is 26.0 Å². The first-order valence-corrected chi connectivity index (χ1v) is 9.69. The molecule has 0 radical (unpaired) electrons. The Morgan fingerprint density at radius 3 is 2.10 bits per heavy atom. The number of amides is 3. The van der Waals surface area contributed by atoms with E-state index in [2.05, 4.69) is 10.6 Å². The summed E-state index contributed by atoms with van der Waals surface area (Å²) in [7, 11) is 1.57. The summed E-state index contributed by atoms with van der Waals surface area (Å²) in [5.41, 5.74) is 2.48. The smallest absolute Gasteiger partial charge is 0.278 e. The quantitative estimate of drug-likeness (QED) is 0.686. The summed E-state index contributed by atoms with van der Waals surface area (Å²) in [6.45, 7) is 5.69. The molecule has 0 bridgehead atoms. The lowest BCUT2D eigenvalue weighted by molar-refractivity contribution is -0.137. The molecule has 0 spiro atoms. The second-order valence-corrected chi connectivity index (χ2v) is 7.48. The van der Waals surface area contributed by atoms with Crippen LogP contribution in [0.15, 0.2) is 54.2 Å². The van der Waals surface area contributed by atoms with Crippen LogP contribution in [-0.4, -0.2) is 36.3 Å². The minimum Gasteiger partial charge on any atom is -0.497 e. The van der Waals surface area contributed by atoms with Crippen molar-refractivity contribution in [2.75, 3.05) is 24.3 Å². The average molecular weight is 407 g/mol. The Hall–Kier alpha value is -3.61. The number of benzene rings is 2. The highest BCUT2D eigenvalue weighted by atomic mass is 16.5. The Morgan fingerprint density at radius 2 is 1.57 bits per heavy atom. The van der Waals surface area contributed by atoms with Gasteiger partial charge in [-0.3, -0.25) is 19.3 Å². The van der Waals surface area contributed by atoms with E-state index in [1.165, 1.54) is 11.8 Å². The maximum absolute atomic E-state index is 13.1. The zero-order chi connectivity index (χ0) is 21.8. The van der Waals surface area contributed by atoms with Crippen molar-refractivity contribution in [1.29, 1.82) is 0 Å². The maximum Gasteiger partial charge on any atom is 0.278 e. The molecule has 0 unspecified atom stereocenters. The van der Waals surface area contributed by atoms with E-state index >= 15 is 0 Å². The lowest BCUT2D eigenvalue weighted by Crippen LogP contribution is -2.35. The molecule has 0 aromatic heterocycles. The van der Waals surface area contributed by atoms with E-state index in [4.69, 9.17) is 4.74 Å². The van der Waals surface area contributed by atoms with Gasteiger partial charge in [0.15, 0.2) is 0 Å². The van der Waals surface area contributed by atoms with Gasteiger partial charge in [-0.05, 0) is 47.9 Å². The summed E-state index contributed by atoms with van der Waals surface area (Å²) in [4.78, 5) is 38.7. The zero-order valence-corrected chi connectivity index (χ0v) is 17.5. The van der Waals surface area contributed by atoms with E-state index in [-0.39, 0.29) is 29.3 Å². The van der Waals surface area contributed by atoms with Crippen molar-refractivity contribution in [2.45, 2.75) is 20.8 Å². The van der Waals surface area contributed by atoms with Gasteiger partial charge in [0.25, 0.3) is 11.8 Å². The largest absolute Gasteiger partial charge is 0.497 e. The minimum absolute atomic E-state index is 0.145. The molecule has 3 amide bonds. The molecule has 1 aliphatic heterocycles. The number of nitrogens with zero attached hydrogens (tertiary/aromatic N) is 1. The fourth-order valence-electron chi connectivity index (χ4n) is 3.23. The van der Waals surface area contributed by atoms with Gasteiger partial charge in [-0.2, -0.15) is 0 Å². The van der Waals surface area contributed by atoms with Gasteiger partial charge in [0.1, 0.15) is 11.4 Å². The summed E-state index contributed by atoms with van der Waals surface area (Å²) in [5.74, 6) is -0.0349. The first-order valence-electron chi connectivity index (χ1n) is 9.69. The van der Waals surface area contributed by atoms with E-state index in [0.717, 1.165) is 0 Å². The van der Waals surface area contributed by atoms with Gasteiger partial charge in [0.2, 0.25) is 5.91 Å². The Bertz CT molecular complexity index is 992. The van der Waals surface area contributed by atoms with Gasteiger partial charge < -0.3 is 15.4 Å². The van der Waals surface area contributed by atoms with Gasteiger partial charge in [0, 0.05) is 24.8 Å². The van der Waals surface area contributed by atoms with Gasteiger partial charge in [-0.15, -0.1) is 0 Å². The molecule has 3 rings (SSSR count). The van der Waals surface area contributed by atoms with Crippen LogP contribution in [0.25, 0.3) is 5.57 Å². The molecule has 1 heterocycles. The summed E-state index contributed by atoms with van der Waals surface area (Å²) < 4.78 is 5.19. The number of imide groups is 1. The SMILES string of the molecule is COc1ccc(C2=C(Nc3ccc(NC(C)=O)cc3)C(=O)N(CC(C)C)C2=O)cc1. The minimum atomic E-state index is -0.356. The van der Waals surface area contributed by atoms with E-state index in [1.807, 2.05) is 13.8 Å². The molecule has 1 aliphatic rings. The highest BCUT2D eigenvalue weighted by molar-refractivity contribution is 6.36. The molecular formula is C23H25N3O4. The zero-order valence-electron chi connectivity index (χ0n) is 17.5. The van der Waals surface area contributed by atoms with E-state index in [1.54, 1.807) is 55.6 Å². The lowest BCUT2D eigenvalue weighted by Gasteiger charge is -2.17. The Morgan fingerprint density at radius 1 is 0.967 bits per heavy atom. The van der Waals surface area contributed by atoms with Gasteiger partial charge in [0.05, 0.1) is 12.7 Å². The van der Waals surface area contributed by atoms with Crippen LogP contribution in [0, 0.1) is 5.92 Å². The average Bonchev–Trinajstić information content (AvgIpc) is 2.93. The fourth-order valence-corrected chi connectivity index (χ4v) is 3.23. The van der Waals surface area contributed by atoms with Crippen LogP contribution in [-0.2, 0) is 14.4 Å². The normalized spacial score (nSPS) is 13.8. The van der Waals surface area contributed by atoms with Crippen LogP contribution in [0.1, 0.15) is 26.3 Å². The fraction of sp³-hybridized carbons (Fsp3) is 0.261. The van der Waals surface area contributed by atoms with Crippen LogP contribution in [0.3, 0.4) is 0 Å². The Kier molecular flexibility index (Phi) is 6.20. The van der Waals surface area contributed by atoms with Crippen molar-refractivity contribution in [1.82, 2.24) is 4.90 Å². The Balaban J connectivity index is 1.97. The summed E-state index contributed by atoms with van der Waals surface area (Å²) >= 11 is 0. The Labute approximate surface area is 175 Å². The molecule has 30 heavy (non-hydrogen) atoms. The molecule has 0 saturated heterocycles. The van der Waals surface area contributed by atoms with Crippen LogP contribution >= 0.6 is 0 Å². The van der Waals surface area contributed by atoms with Gasteiger partial charge >= 0.3 is 0 Å². The number of carbonyl (C=O) groups excluding carboxylic acids is 3. The topological polar surface area (TPSA) is 87.7 Å². The predicted octanol–water partition coefficient (Wildman–Crippen LogP) is 3.50. The number of hydrogen-bond donors (Lipinski definition) is 2. The number of hydrogen-bond acceptors (Lipinski definition) is 5. The first kappa shape index (κ1) is 21.1. The van der Waals surface area contributed by atoms with Crippen molar-refractivity contribution < 1.29 is 19.1 Å². The number of rotatable bonds is 7. The van der Waals surface area contributed by atoms with Crippen molar-refractivity contribution >= 4 is 34.7 Å². The molecule has 0 fully saturated rings. The molecule has 2 aromatic rings. The molecule has 0 atom stereocenters. The van der Waals surface area contributed by atoms with Crippen LogP contribution in [0.2, 0.25) is 0 Å². The highest BCUT2D eigenvalue weighted by Crippen LogP contribution is 2.32. The first-order chi connectivity index (χ1) is 14.3. The lowest BCUT2D eigenvalue weighted by atomic mass is 10.0. The summed E-state index contributed by atoms with van der Waals surface area (Å²) in [6, 6.07) is 14.0. The molecule has 2 aromatic carbocycles. The third-order valence-electron chi connectivity index (χ3n) is 4.57. The predicted molar refractivity (Wildman–Crippen MR) is 116 cm³/mol. The molecule has 7 heteroatoms. The number of carbonyl (C=O) groups is 3. The molecule has 156 valence electrons. The van der Waals surface area contributed by atoms with E-state index in [0.29, 0.717) is 34.8 Å². The van der Waals surface area contributed by atoms with E-state index < -0.39 is 0 Å². The third kappa shape index (κ3) is 4.51. The van der Waals surface area contributed by atoms with Crippen LogP contribution < -0.4 is 15.4 Å². The monoisotopic (exact) mass is 407 g/mol. The highest BCUT2D eigenvalue weighted by Gasteiger charge is 2.39. The molecule has 0 aliphatic carbocycles. The van der Waals surface area contributed by atoms with Crippen molar-refractivity contribution in [3.8, 4) is 5.75 Å². The number of ether oxygens (including phenoxy) is 1. The maximum atomic E-state index is 13.1. The van der Waals surface area contributed by atoms with Crippen molar-refractivity contribution in [3.63, 3.8) is 0 Å². The third-order valence-corrected chi connectivity index (χ3v) is 4.57. The van der Waals surface area contributed by atoms with Gasteiger partial charge in [-0.25, -0.2) is 0 Å². The number of nitrogens with one attached hydrogen (secondary N) is 2. The molecule has 7 nitrogen and oxygen atoms in total. The number of methoxy groups -OCH3 is 1. The molecule has 2 N–H and O–H groups in total. The van der Waals surface area contributed by atoms with Crippen molar-refractivity contribution in [2.24, 2.45) is 5.92 Å². The second kappa shape index (κ2) is 8.82. The van der Waals surface area contributed by atoms with Crippen LogP contribution in [0.5, 0.6) is 5.75 Å². The standard InChI is InChI=1S/C23H25N3O4/c1-14(2)13-26-22(28)20(16-5-11-19(30-4)12-6-16)21(23(26)29)25-18-9-7-17(8-10-18)24-15(3)27/h5-12,14,25H,13H2,1-4H3,(H,24,27). The molecule has 0 saturated carbocycles. The second-order valence-electron chi connectivity index (χ2n) is 7.48. The summed E-state index contributed by atoms with van der Waals surface area (Å²) in [6.07, 6.45) is 0. The van der Waals surface area contributed by atoms with Crippen LogP contribution in [0.4, 0.5) is 11.4 Å². The summed E-state index contributed by atoms with van der Waals surface area (Å²) in [5, 5.41) is 5.80. The molecular weight excluding hydrogens is 382 g/mol. The van der Waals surface area contributed by atoms with Crippen molar-refractivity contribution in [3.05, 3.63) is 59.8 Å². The van der Waals surface area contributed by atoms with E-state index in [9.17, 15) is 14.4 Å².